The molecule has 0 bridgehead atoms. The molecule has 2 aliphatic heterocycles. The van der Waals surface area contributed by atoms with Crippen LogP contribution in [-0.2, 0) is 26.3 Å². The first-order valence-electron chi connectivity index (χ1n) is 11.2. The fraction of sp³-hybridized carbons (Fsp3) is 0.400. The Hall–Kier alpha value is -3.19. The Labute approximate surface area is 189 Å². The van der Waals surface area contributed by atoms with Gasteiger partial charge in [-0.25, -0.2) is 4.98 Å². The maximum absolute atomic E-state index is 13.5. The van der Waals surface area contributed by atoms with Crippen LogP contribution in [0.3, 0.4) is 0 Å². The fourth-order valence-corrected chi connectivity index (χ4v) is 4.52. The summed E-state index contributed by atoms with van der Waals surface area (Å²) in [5.74, 6) is 0.804. The number of piperidine rings is 1. The molecule has 0 saturated carbocycles. The van der Waals surface area contributed by atoms with Crippen molar-refractivity contribution in [2.24, 2.45) is 0 Å². The summed E-state index contributed by atoms with van der Waals surface area (Å²) >= 11 is 0. The quantitative estimate of drug-likeness (QED) is 0.706. The van der Waals surface area contributed by atoms with Crippen LogP contribution in [0.2, 0.25) is 0 Å². The van der Waals surface area contributed by atoms with Crippen molar-refractivity contribution >= 4 is 17.6 Å². The van der Waals surface area contributed by atoms with Crippen LogP contribution < -0.4 is 10.2 Å². The summed E-state index contributed by atoms with van der Waals surface area (Å²) in [4.78, 5) is 34.3. The molecule has 2 saturated heterocycles. The van der Waals surface area contributed by atoms with Crippen LogP contribution >= 0.6 is 0 Å². The normalized spacial score (nSPS) is 18.1. The predicted molar refractivity (Wildman–Crippen MR) is 123 cm³/mol. The van der Waals surface area contributed by atoms with Crippen LogP contribution in [0.1, 0.15) is 24.1 Å². The van der Waals surface area contributed by atoms with E-state index in [1.165, 1.54) is 6.08 Å². The van der Waals surface area contributed by atoms with E-state index in [-0.39, 0.29) is 11.8 Å². The third-order valence-electron chi connectivity index (χ3n) is 6.42. The van der Waals surface area contributed by atoms with Crippen molar-refractivity contribution in [3.8, 4) is 0 Å². The second kappa shape index (κ2) is 9.96. The highest BCUT2D eigenvalue weighted by atomic mass is 16.5. The van der Waals surface area contributed by atoms with Gasteiger partial charge < -0.3 is 19.9 Å². The monoisotopic (exact) mass is 434 g/mol. The Morgan fingerprint density at radius 2 is 1.75 bits per heavy atom. The minimum Gasteiger partial charge on any atom is -0.378 e. The zero-order valence-corrected chi connectivity index (χ0v) is 18.3. The third kappa shape index (κ3) is 4.67. The second-order valence-electron chi connectivity index (χ2n) is 8.25. The summed E-state index contributed by atoms with van der Waals surface area (Å²) in [6, 6.07) is 15.8. The lowest BCUT2D eigenvalue weighted by Gasteiger charge is -2.40. The molecule has 2 fully saturated rings. The Morgan fingerprint density at radius 3 is 2.44 bits per heavy atom. The first-order valence-corrected chi connectivity index (χ1v) is 11.2. The molecule has 0 atom stereocenters. The molecule has 0 aliphatic carbocycles. The highest BCUT2D eigenvalue weighted by Gasteiger charge is 2.43. The molecule has 1 N–H and O–H groups in total. The van der Waals surface area contributed by atoms with Crippen LogP contribution in [0.5, 0.6) is 0 Å². The van der Waals surface area contributed by atoms with Gasteiger partial charge in [0.1, 0.15) is 5.82 Å². The van der Waals surface area contributed by atoms with Crippen molar-refractivity contribution in [2.75, 3.05) is 44.3 Å². The lowest BCUT2D eigenvalue weighted by atomic mass is 9.72. The zero-order chi connectivity index (χ0) is 22.4. The molecule has 1 aromatic heterocycles. The minimum absolute atomic E-state index is 0.0204. The average molecular weight is 435 g/mol. The molecule has 2 aromatic rings. The van der Waals surface area contributed by atoms with Crippen molar-refractivity contribution in [2.45, 2.75) is 24.8 Å². The number of likely N-dealkylation sites (tertiary alicyclic amines) is 1. The van der Waals surface area contributed by atoms with E-state index in [1.54, 1.807) is 4.90 Å². The second-order valence-corrected chi connectivity index (χ2v) is 8.25. The van der Waals surface area contributed by atoms with Gasteiger partial charge in [-0.05, 0) is 36.6 Å². The predicted octanol–water partition coefficient (Wildman–Crippen LogP) is 2.28. The third-order valence-corrected chi connectivity index (χ3v) is 6.42. The number of carbonyl (C=O) groups excluding carboxylic acids is 2. The molecule has 168 valence electrons. The highest BCUT2D eigenvalue weighted by Crippen LogP contribution is 2.36. The molecule has 2 amide bonds. The maximum atomic E-state index is 13.5. The number of aromatic nitrogens is 1. The SMILES string of the molecule is C=CC(=O)N1CCC(C(=O)NCc2cccc(N3CCOCC3)n2)(c2ccccc2)CC1. The van der Waals surface area contributed by atoms with Crippen LogP contribution in [0.15, 0.2) is 61.2 Å². The lowest BCUT2D eigenvalue weighted by molar-refractivity contribution is -0.134. The van der Waals surface area contributed by atoms with Crippen LogP contribution in [0.4, 0.5) is 5.82 Å². The van der Waals surface area contributed by atoms with E-state index in [1.807, 2.05) is 48.5 Å². The van der Waals surface area contributed by atoms with Gasteiger partial charge >= 0.3 is 0 Å². The van der Waals surface area contributed by atoms with Crippen LogP contribution in [-0.4, -0.2) is 61.1 Å². The summed E-state index contributed by atoms with van der Waals surface area (Å²) in [7, 11) is 0. The van der Waals surface area contributed by atoms with Gasteiger partial charge in [0.25, 0.3) is 0 Å². The van der Waals surface area contributed by atoms with Crippen molar-refractivity contribution in [3.05, 3.63) is 72.4 Å². The molecule has 0 spiro atoms. The first kappa shape index (κ1) is 22.0. The molecule has 7 heteroatoms. The molecule has 2 aliphatic rings. The summed E-state index contributed by atoms with van der Waals surface area (Å²) < 4.78 is 5.42. The number of benzene rings is 1. The van der Waals surface area contributed by atoms with Crippen molar-refractivity contribution < 1.29 is 14.3 Å². The largest absolute Gasteiger partial charge is 0.378 e. The highest BCUT2D eigenvalue weighted by molar-refractivity contribution is 5.90. The lowest BCUT2D eigenvalue weighted by Crippen LogP contribution is -2.52. The summed E-state index contributed by atoms with van der Waals surface area (Å²) in [6.07, 6.45) is 2.48. The van der Waals surface area contributed by atoms with Gasteiger partial charge in [0.15, 0.2) is 0 Å². The van der Waals surface area contributed by atoms with Gasteiger partial charge in [-0.1, -0.05) is 43.0 Å². The first-order chi connectivity index (χ1) is 15.6. The van der Waals surface area contributed by atoms with Gasteiger partial charge in [0.2, 0.25) is 11.8 Å². The van der Waals surface area contributed by atoms with Gasteiger partial charge in [-0.15, -0.1) is 0 Å². The number of carbonyl (C=O) groups is 2. The summed E-state index contributed by atoms with van der Waals surface area (Å²) in [5.41, 5.74) is 1.14. The smallest absolute Gasteiger partial charge is 0.245 e. The molecule has 0 radical (unpaired) electrons. The number of ether oxygens (including phenoxy) is 1. The van der Waals surface area contributed by atoms with E-state index in [2.05, 4.69) is 16.8 Å². The number of hydrogen-bond acceptors (Lipinski definition) is 5. The molecule has 1 aromatic carbocycles. The molecule has 3 heterocycles. The van der Waals surface area contributed by atoms with E-state index in [9.17, 15) is 9.59 Å². The molecule has 32 heavy (non-hydrogen) atoms. The van der Waals surface area contributed by atoms with Gasteiger partial charge in [-0.3, -0.25) is 9.59 Å². The van der Waals surface area contributed by atoms with Crippen molar-refractivity contribution in [1.29, 1.82) is 0 Å². The van der Waals surface area contributed by atoms with Crippen molar-refractivity contribution in [1.82, 2.24) is 15.2 Å². The molecular weight excluding hydrogens is 404 g/mol. The molecule has 0 unspecified atom stereocenters. The standard InChI is InChI=1S/C25H30N4O3/c1-2-23(30)29-13-11-25(12-14-29,20-7-4-3-5-8-20)24(31)26-19-21-9-6-10-22(27-21)28-15-17-32-18-16-28/h2-10H,1,11-19H2,(H,26,31). The summed E-state index contributed by atoms with van der Waals surface area (Å²) in [5, 5.41) is 3.13. The maximum Gasteiger partial charge on any atom is 0.245 e. The Kier molecular flexibility index (Phi) is 6.85. The summed E-state index contributed by atoms with van der Waals surface area (Å²) in [6.45, 7) is 8.04. The number of pyridine rings is 1. The van der Waals surface area contributed by atoms with Gasteiger partial charge in [0.05, 0.1) is 30.9 Å². The number of nitrogens with one attached hydrogen (secondary N) is 1. The van der Waals surface area contributed by atoms with E-state index < -0.39 is 5.41 Å². The van der Waals surface area contributed by atoms with E-state index in [0.717, 1.165) is 30.2 Å². The van der Waals surface area contributed by atoms with E-state index >= 15 is 0 Å². The number of morpholine rings is 1. The van der Waals surface area contributed by atoms with E-state index in [4.69, 9.17) is 9.72 Å². The Balaban J connectivity index is 1.48. The zero-order valence-electron chi connectivity index (χ0n) is 18.3. The van der Waals surface area contributed by atoms with E-state index in [0.29, 0.717) is 45.7 Å². The minimum atomic E-state index is -0.666. The van der Waals surface area contributed by atoms with Crippen LogP contribution in [0.25, 0.3) is 0 Å². The molecule has 4 rings (SSSR count). The van der Waals surface area contributed by atoms with Gasteiger partial charge in [0, 0.05) is 26.2 Å². The molecule has 7 nitrogen and oxygen atoms in total. The number of rotatable bonds is 6. The number of amides is 2. The number of hydrogen-bond donors (Lipinski definition) is 1. The average Bonchev–Trinajstić information content (AvgIpc) is 2.88. The van der Waals surface area contributed by atoms with Crippen molar-refractivity contribution in [3.63, 3.8) is 0 Å². The fourth-order valence-electron chi connectivity index (χ4n) is 4.52. The van der Waals surface area contributed by atoms with Crippen LogP contribution in [0, 0.1) is 0 Å². The number of anilines is 1. The topological polar surface area (TPSA) is 74.8 Å². The van der Waals surface area contributed by atoms with Gasteiger partial charge in [-0.2, -0.15) is 0 Å². The molecular formula is C25H30N4O3. The Morgan fingerprint density at radius 1 is 1.03 bits per heavy atom. The number of nitrogens with zero attached hydrogens (tertiary/aromatic N) is 3. The Bertz CT molecular complexity index is 949.